The second kappa shape index (κ2) is 10.6. The fourth-order valence-electron chi connectivity index (χ4n) is 3.59. The number of carbonyl (C=O) groups excluding carboxylic acids is 1. The Labute approximate surface area is 213 Å². The Morgan fingerprint density at radius 3 is 2.14 bits per heavy atom. The van der Waals surface area contributed by atoms with Crippen LogP contribution in [0.4, 0.5) is 5.69 Å². The second-order valence-electron chi connectivity index (χ2n) is 7.74. The highest BCUT2D eigenvalue weighted by Gasteiger charge is 2.33. The van der Waals surface area contributed by atoms with Crippen molar-refractivity contribution in [2.45, 2.75) is 6.61 Å². The van der Waals surface area contributed by atoms with Crippen LogP contribution in [-0.2, 0) is 11.4 Å². The smallest absolute Gasteiger partial charge is 0.270 e. The van der Waals surface area contributed by atoms with Crippen LogP contribution in [0.25, 0.3) is 6.08 Å². The first-order valence-electron chi connectivity index (χ1n) is 11.0. The van der Waals surface area contributed by atoms with E-state index in [0.717, 1.165) is 16.9 Å². The lowest BCUT2D eigenvalue weighted by molar-refractivity contribution is -0.113. The Hall–Kier alpha value is -3.87. The van der Waals surface area contributed by atoms with Gasteiger partial charge in [0, 0.05) is 5.56 Å². The van der Waals surface area contributed by atoms with Crippen molar-refractivity contribution in [2.24, 2.45) is 0 Å². The second-order valence-corrected chi connectivity index (χ2v) is 9.41. The number of carbonyl (C=O) groups is 1. The van der Waals surface area contributed by atoms with Gasteiger partial charge in [-0.1, -0.05) is 90.7 Å². The number of hydrogen-bond acceptors (Lipinski definition) is 5. The van der Waals surface area contributed by atoms with Gasteiger partial charge in [-0.05, 0) is 54.1 Å². The van der Waals surface area contributed by atoms with Gasteiger partial charge in [-0.3, -0.25) is 9.69 Å². The molecular formula is C29H21NO3S2. The van der Waals surface area contributed by atoms with Gasteiger partial charge < -0.3 is 9.47 Å². The van der Waals surface area contributed by atoms with Crippen LogP contribution in [0.5, 0.6) is 17.2 Å². The topological polar surface area (TPSA) is 38.8 Å². The zero-order valence-electron chi connectivity index (χ0n) is 18.7. The Balaban J connectivity index is 1.32. The molecule has 0 aromatic heterocycles. The third-order valence-electron chi connectivity index (χ3n) is 5.31. The Morgan fingerprint density at radius 1 is 0.771 bits per heavy atom. The van der Waals surface area contributed by atoms with E-state index in [-0.39, 0.29) is 5.91 Å². The maximum atomic E-state index is 13.3. The number of thioether (sulfide) groups is 1. The molecule has 1 fully saturated rings. The molecule has 6 heteroatoms. The number of anilines is 1. The molecule has 1 heterocycles. The molecule has 0 atom stereocenters. The number of benzene rings is 4. The van der Waals surface area contributed by atoms with E-state index in [2.05, 4.69) is 0 Å². The number of ether oxygens (including phenoxy) is 2. The van der Waals surface area contributed by atoms with E-state index in [1.165, 1.54) is 11.8 Å². The number of nitrogens with zero attached hydrogens (tertiary/aromatic N) is 1. The first-order valence-corrected chi connectivity index (χ1v) is 12.3. The average molecular weight is 496 g/mol. The summed E-state index contributed by atoms with van der Waals surface area (Å²) in [5.41, 5.74) is 2.61. The van der Waals surface area contributed by atoms with Gasteiger partial charge in [0.25, 0.3) is 5.91 Å². The summed E-state index contributed by atoms with van der Waals surface area (Å²) in [6.07, 6.45) is 1.84. The molecule has 1 aliphatic rings. The van der Waals surface area contributed by atoms with Gasteiger partial charge in [0.1, 0.15) is 23.9 Å². The molecule has 0 N–H and O–H groups in total. The molecule has 0 bridgehead atoms. The van der Waals surface area contributed by atoms with Crippen LogP contribution in [0.15, 0.2) is 114 Å². The van der Waals surface area contributed by atoms with Crippen molar-refractivity contribution < 1.29 is 14.3 Å². The van der Waals surface area contributed by atoms with E-state index >= 15 is 0 Å². The Bertz CT molecular complexity index is 1370. The van der Waals surface area contributed by atoms with E-state index in [1.807, 2.05) is 115 Å². The monoisotopic (exact) mass is 495 g/mol. The molecule has 0 aliphatic carbocycles. The zero-order chi connectivity index (χ0) is 24.0. The van der Waals surface area contributed by atoms with Crippen molar-refractivity contribution in [3.63, 3.8) is 0 Å². The Kier molecular flexibility index (Phi) is 6.93. The summed E-state index contributed by atoms with van der Waals surface area (Å²) in [5.74, 6) is 1.99. The van der Waals surface area contributed by atoms with Crippen molar-refractivity contribution in [1.29, 1.82) is 0 Å². The minimum Gasteiger partial charge on any atom is -0.488 e. The summed E-state index contributed by atoms with van der Waals surface area (Å²) < 4.78 is 12.4. The molecule has 4 aromatic carbocycles. The standard InChI is InChI=1S/C29H21NO3S2/c31-28-27(19-22-11-7-8-14-26(22)32-20-21-9-3-1-4-10-21)35-29(34)30(28)23-15-17-25(18-16-23)33-24-12-5-2-6-13-24/h1-19H,20H2/b27-19-. The number of hydrogen-bond donors (Lipinski definition) is 0. The predicted molar refractivity (Wildman–Crippen MR) is 146 cm³/mol. The SMILES string of the molecule is O=C1/C(=C/c2ccccc2OCc2ccccc2)SC(=S)N1c1ccc(Oc2ccccc2)cc1. The van der Waals surface area contributed by atoms with Crippen LogP contribution in [0.1, 0.15) is 11.1 Å². The molecule has 35 heavy (non-hydrogen) atoms. The molecule has 1 amide bonds. The highest BCUT2D eigenvalue weighted by molar-refractivity contribution is 8.27. The summed E-state index contributed by atoms with van der Waals surface area (Å²) in [6, 6.07) is 34.5. The molecule has 1 saturated heterocycles. The summed E-state index contributed by atoms with van der Waals surface area (Å²) >= 11 is 6.83. The van der Waals surface area contributed by atoms with Gasteiger partial charge in [0.2, 0.25) is 0 Å². The normalized spacial score (nSPS) is 14.4. The number of para-hydroxylation sites is 2. The van der Waals surface area contributed by atoms with Crippen LogP contribution >= 0.6 is 24.0 Å². The predicted octanol–water partition coefficient (Wildman–Crippen LogP) is 7.46. The fourth-order valence-corrected chi connectivity index (χ4v) is 4.88. The highest BCUT2D eigenvalue weighted by Crippen LogP contribution is 2.38. The van der Waals surface area contributed by atoms with Gasteiger partial charge in [-0.15, -0.1) is 0 Å². The van der Waals surface area contributed by atoms with Crippen molar-refractivity contribution in [3.8, 4) is 17.2 Å². The van der Waals surface area contributed by atoms with Gasteiger partial charge >= 0.3 is 0 Å². The largest absolute Gasteiger partial charge is 0.488 e. The molecule has 4 nitrogen and oxygen atoms in total. The van der Waals surface area contributed by atoms with E-state index in [1.54, 1.807) is 4.90 Å². The van der Waals surface area contributed by atoms with Crippen molar-refractivity contribution in [1.82, 2.24) is 0 Å². The van der Waals surface area contributed by atoms with E-state index in [0.29, 0.717) is 33.0 Å². The maximum absolute atomic E-state index is 13.3. The molecular weight excluding hydrogens is 474 g/mol. The van der Waals surface area contributed by atoms with Gasteiger partial charge in [0.15, 0.2) is 4.32 Å². The van der Waals surface area contributed by atoms with Crippen LogP contribution < -0.4 is 14.4 Å². The fraction of sp³-hybridized carbons (Fsp3) is 0.0345. The summed E-state index contributed by atoms with van der Waals surface area (Å²) in [4.78, 5) is 15.4. The molecule has 0 spiro atoms. The molecule has 1 aliphatic heterocycles. The van der Waals surface area contributed by atoms with Gasteiger partial charge in [-0.25, -0.2) is 0 Å². The number of rotatable bonds is 7. The molecule has 5 rings (SSSR count). The molecule has 4 aromatic rings. The lowest BCUT2D eigenvalue weighted by atomic mass is 10.1. The minimum absolute atomic E-state index is 0.158. The molecule has 0 unspecified atom stereocenters. The minimum atomic E-state index is -0.158. The molecule has 172 valence electrons. The van der Waals surface area contributed by atoms with Crippen LogP contribution in [0.2, 0.25) is 0 Å². The number of amides is 1. The number of thiocarbonyl (C=S) groups is 1. The maximum Gasteiger partial charge on any atom is 0.270 e. The average Bonchev–Trinajstić information content (AvgIpc) is 3.17. The van der Waals surface area contributed by atoms with Crippen LogP contribution in [0, 0.1) is 0 Å². The van der Waals surface area contributed by atoms with Crippen molar-refractivity contribution in [3.05, 3.63) is 125 Å². The zero-order valence-corrected chi connectivity index (χ0v) is 20.3. The summed E-state index contributed by atoms with van der Waals surface area (Å²) in [5, 5.41) is 0. The first kappa shape index (κ1) is 22.9. The lowest BCUT2D eigenvalue weighted by Crippen LogP contribution is -2.27. The summed E-state index contributed by atoms with van der Waals surface area (Å²) in [7, 11) is 0. The quantitative estimate of drug-likeness (QED) is 0.196. The summed E-state index contributed by atoms with van der Waals surface area (Å²) in [6.45, 7) is 0.448. The Morgan fingerprint density at radius 2 is 1.40 bits per heavy atom. The van der Waals surface area contributed by atoms with Gasteiger partial charge in [0.05, 0.1) is 10.6 Å². The van der Waals surface area contributed by atoms with Crippen molar-refractivity contribution in [2.75, 3.05) is 4.90 Å². The van der Waals surface area contributed by atoms with Crippen molar-refractivity contribution >= 4 is 46.0 Å². The lowest BCUT2D eigenvalue weighted by Gasteiger charge is -2.15. The highest BCUT2D eigenvalue weighted by atomic mass is 32.2. The van der Waals surface area contributed by atoms with Crippen LogP contribution in [0.3, 0.4) is 0 Å². The first-order chi connectivity index (χ1) is 17.2. The third-order valence-corrected chi connectivity index (χ3v) is 6.61. The third kappa shape index (κ3) is 5.45. The molecule has 0 radical (unpaired) electrons. The van der Waals surface area contributed by atoms with Gasteiger partial charge in [-0.2, -0.15) is 0 Å². The van der Waals surface area contributed by atoms with Crippen LogP contribution in [-0.4, -0.2) is 10.2 Å². The van der Waals surface area contributed by atoms with E-state index < -0.39 is 0 Å². The van der Waals surface area contributed by atoms with E-state index in [9.17, 15) is 4.79 Å². The molecule has 0 saturated carbocycles. The van der Waals surface area contributed by atoms with E-state index in [4.69, 9.17) is 21.7 Å².